The number of aromatic hydroxyl groups is 2. The summed E-state index contributed by atoms with van der Waals surface area (Å²) in [4.78, 5) is 0. The van der Waals surface area contributed by atoms with Gasteiger partial charge in [0.05, 0.1) is 6.10 Å². The molecule has 0 heterocycles. The fourth-order valence-corrected chi connectivity index (χ4v) is 2.18. The molecule has 4 nitrogen and oxygen atoms in total. The maximum Gasteiger partial charge on any atom is 0.119 e. The molecule has 0 bridgehead atoms. The van der Waals surface area contributed by atoms with Crippen molar-refractivity contribution in [3.63, 3.8) is 0 Å². The predicted molar refractivity (Wildman–Crippen MR) is 78.9 cm³/mol. The standard InChI is InChI=1S/C16H19NO3/c1-10(12-7-13(19)9-14(20)8-12)17-16-6-4-3-5-15(16)11(2)18/h3-11,17-20H,1-2H3. The lowest BCUT2D eigenvalue weighted by Crippen LogP contribution is -2.09. The quantitative estimate of drug-likeness (QED) is 0.689. The summed E-state index contributed by atoms with van der Waals surface area (Å²) in [6.07, 6.45) is -0.566. The van der Waals surface area contributed by atoms with Gasteiger partial charge in [-0.1, -0.05) is 18.2 Å². The van der Waals surface area contributed by atoms with Gasteiger partial charge in [0.15, 0.2) is 0 Å². The first-order valence-electron chi connectivity index (χ1n) is 6.54. The van der Waals surface area contributed by atoms with Gasteiger partial charge in [-0.15, -0.1) is 0 Å². The van der Waals surface area contributed by atoms with Crippen LogP contribution in [0, 0.1) is 0 Å². The lowest BCUT2D eigenvalue weighted by Gasteiger charge is -2.20. The highest BCUT2D eigenvalue weighted by molar-refractivity contribution is 5.54. The van der Waals surface area contributed by atoms with Crippen LogP contribution in [0.2, 0.25) is 0 Å². The third kappa shape index (κ3) is 3.22. The molecule has 0 amide bonds. The number of aliphatic hydroxyl groups is 1. The van der Waals surface area contributed by atoms with Crippen molar-refractivity contribution < 1.29 is 15.3 Å². The predicted octanol–water partition coefficient (Wildman–Crippen LogP) is 3.32. The van der Waals surface area contributed by atoms with Gasteiger partial charge in [0.25, 0.3) is 0 Å². The number of benzene rings is 2. The van der Waals surface area contributed by atoms with Crippen LogP contribution in [0.15, 0.2) is 42.5 Å². The molecule has 2 rings (SSSR count). The average Bonchev–Trinajstić information content (AvgIpc) is 2.37. The number of rotatable bonds is 4. The molecule has 2 atom stereocenters. The molecule has 0 aliphatic rings. The third-order valence-electron chi connectivity index (χ3n) is 3.21. The number of anilines is 1. The Balaban J connectivity index is 2.25. The van der Waals surface area contributed by atoms with E-state index in [2.05, 4.69) is 5.32 Å². The lowest BCUT2D eigenvalue weighted by molar-refractivity contribution is 0.200. The minimum Gasteiger partial charge on any atom is -0.508 e. The van der Waals surface area contributed by atoms with E-state index >= 15 is 0 Å². The first kappa shape index (κ1) is 14.2. The summed E-state index contributed by atoms with van der Waals surface area (Å²) in [5, 5.41) is 32.1. The second-order valence-electron chi connectivity index (χ2n) is 4.91. The first-order valence-corrected chi connectivity index (χ1v) is 6.54. The molecule has 106 valence electrons. The summed E-state index contributed by atoms with van der Waals surface area (Å²) in [6.45, 7) is 3.64. The van der Waals surface area contributed by atoms with E-state index in [1.165, 1.54) is 6.07 Å². The Hall–Kier alpha value is -2.20. The summed E-state index contributed by atoms with van der Waals surface area (Å²) < 4.78 is 0. The van der Waals surface area contributed by atoms with E-state index < -0.39 is 6.10 Å². The van der Waals surface area contributed by atoms with Crippen molar-refractivity contribution in [1.29, 1.82) is 0 Å². The summed E-state index contributed by atoms with van der Waals surface area (Å²) in [7, 11) is 0. The van der Waals surface area contributed by atoms with Crippen LogP contribution in [0.3, 0.4) is 0 Å². The molecule has 0 fully saturated rings. The van der Waals surface area contributed by atoms with E-state index in [1.807, 2.05) is 31.2 Å². The number of nitrogens with one attached hydrogen (secondary N) is 1. The minimum atomic E-state index is -0.566. The Morgan fingerprint density at radius 3 is 2.15 bits per heavy atom. The molecule has 2 aromatic carbocycles. The van der Waals surface area contributed by atoms with Crippen LogP contribution in [0.5, 0.6) is 11.5 Å². The Bertz CT molecular complexity index is 576. The van der Waals surface area contributed by atoms with Gasteiger partial charge in [-0.05, 0) is 37.6 Å². The lowest BCUT2D eigenvalue weighted by atomic mass is 10.0. The Labute approximate surface area is 118 Å². The van der Waals surface area contributed by atoms with Gasteiger partial charge in [0.1, 0.15) is 11.5 Å². The van der Waals surface area contributed by atoms with Crippen molar-refractivity contribution in [3.05, 3.63) is 53.6 Å². The molecule has 0 radical (unpaired) electrons. The van der Waals surface area contributed by atoms with Crippen molar-refractivity contribution in [2.24, 2.45) is 0 Å². The number of phenols is 2. The number of para-hydroxylation sites is 1. The molecule has 0 aliphatic carbocycles. The molecular weight excluding hydrogens is 254 g/mol. The molecule has 0 spiro atoms. The van der Waals surface area contributed by atoms with Gasteiger partial charge in [-0.3, -0.25) is 0 Å². The van der Waals surface area contributed by atoms with E-state index in [-0.39, 0.29) is 17.5 Å². The van der Waals surface area contributed by atoms with Crippen LogP contribution in [0.1, 0.15) is 37.1 Å². The monoisotopic (exact) mass is 273 g/mol. The number of hydrogen-bond acceptors (Lipinski definition) is 4. The van der Waals surface area contributed by atoms with E-state index in [4.69, 9.17) is 0 Å². The van der Waals surface area contributed by atoms with Crippen LogP contribution >= 0.6 is 0 Å². The van der Waals surface area contributed by atoms with Gasteiger partial charge in [0.2, 0.25) is 0 Å². The van der Waals surface area contributed by atoms with Gasteiger partial charge in [-0.25, -0.2) is 0 Å². The van der Waals surface area contributed by atoms with Crippen molar-refractivity contribution >= 4 is 5.69 Å². The average molecular weight is 273 g/mol. The summed E-state index contributed by atoms with van der Waals surface area (Å²) >= 11 is 0. The molecule has 20 heavy (non-hydrogen) atoms. The van der Waals surface area contributed by atoms with Crippen molar-refractivity contribution in [2.45, 2.75) is 26.0 Å². The van der Waals surface area contributed by atoms with E-state index in [9.17, 15) is 15.3 Å². The Kier molecular flexibility index (Phi) is 4.15. The summed E-state index contributed by atoms with van der Waals surface area (Å²) in [6, 6.07) is 11.9. The molecule has 0 saturated carbocycles. The highest BCUT2D eigenvalue weighted by atomic mass is 16.3. The fraction of sp³-hybridized carbons (Fsp3) is 0.250. The SMILES string of the molecule is CC(O)c1ccccc1NC(C)c1cc(O)cc(O)c1. The van der Waals surface area contributed by atoms with E-state index in [1.54, 1.807) is 19.1 Å². The maximum absolute atomic E-state index is 9.76. The van der Waals surface area contributed by atoms with Crippen LogP contribution in [0.4, 0.5) is 5.69 Å². The normalized spacial score (nSPS) is 13.8. The smallest absolute Gasteiger partial charge is 0.119 e. The van der Waals surface area contributed by atoms with Crippen molar-refractivity contribution in [3.8, 4) is 11.5 Å². The fourth-order valence-electron chi connectivity index (χ4n) is 2.18. The van der Waals surface area contributed by atoms with Gasteiger partial charge in [0, 0.05) is 23.4 Å². The number of hydrogen-bond donors (Lipinski definition) is 4. The number of phenolic OH excluding ortho intramolecular Hbond substituents is 2. The zero-order valence-corrected chi connectivity index (χ0v) is 11.5. The van der Waals surface area contributed by atoms with Gasteiger partial charge in [-0.2, -0.15) is 0 Å². The van der Waals surface area contributed by atoms with Crippen molar-refractivity contribution in [1.82, 2.24) is 0 Å². The zero-order chi connectivity index (χ0) is 14.7. The highest BCUT2D eigenvalue weighted by Crippen LogP contribution is 2.29. The molecular formula is C16H19NO3. The zero-order valence-electron chi connectivity index (χ0n) is 11.5. The number of aliphatic hydroxyl groups excluding tert-OH is 1. The second-order valence-corrected chi connectivity index (χ2v) is 4.91. The molecule has 2 unspecified atom stereocenters. The van der Waals surface area contributed by atoms with Crippen LogP contribution in [-0.4, -0.2) is 15.3 Å². The van der Waals surface area contributed by atoms with E-state index in [0.29, 0.717) is 0 Å². The molecule has 4 N–H and O–H groups in total. The topological polar surface area (TPSA) is 72.7 Å². The Morgan fingerprint density at radius 2 is 1.55 bits per heavy atom. The van der Waals surface area contributed by atoms with Crippen molar-refractivity contribution in [2.75, 3.05) is 5.32 Å². The minimum absolute atomic E-state index is 0.0254. The summed E-state index contributed by atoms with van der Waals surface area (Å²) in [5.74, 6) is 0.0509. The largest absolute Gasteiger partial charge is 0.508 e. The van der Waals surface area contributed by atoms with E-state index in [0.717, 1.165) is 16.8 Å². The molecule has 0 aromatic heterocycles. The second kappa shape index (κ2) is 5.84. The van der Waals surface area contributed by atoms with Gasteiger partial charge < -0.3 is 20.6 Å². The molecule has 0 aliphatic heterocycles. The molecule has 4 heteroatoms. The first-order chi connectivity index (χ1) is 9.47. The van der Waals surface area contributed by atoms with Crippen LogP contribution in [0.25, 0.3) is 0 Å². The van der Waals surface area contributed by atoms with Crippen LogP contribution < -0.4 is 5.32 Å². The summed E-state index contributed by atoms with van der Waals surface area (Å²) in [5.41, 5.74) is 2.41. The molecule has 0 saturated heterocycles. The van der Waals surface area contributed by atoms with Crippen LogP contribution in [-0.2, 0) is 0 Å². The maximum atomic E-state index is 9.76. The van der Waals surface area contributed by atoms with Gasteiger partial charge >= 0.3 is 0 Å². The highest BCUT2D eigenvalue weighted by Gasteiger charge is 2.12. The third-order valence-corrected chi connectivity index (χ3v) is 3.21. The molecule has 2 aromatic rings. The Morgan fingerprint density at radius 1 is 0.950 bits per heavy atom.